The summed E-state index contributed by atoms with van der Waals surface area (Å²) < 4.78 is 73.9. The SMILES string of the molecule is C[C@@H](CC1CCC(c2cc(F)c(C(=O)Oc3cc(F)c(F)c(F)c3)c(F)c2)CC1)c1ccccc1. The molecular formula is C28H25F5O2. The molecule has 1 aliphatic carbocycles. The van der Waals surface area contributed by atoms with Gasteiger partial charge in [0.05, 0.1) is 0 Å². The Morgan fingerprint density at radius 2 is 1.43 bits per heavy atom. The molecule has 3 aromatic rings. The van der Waals surface area contributed by atoms with E-state index in [9.17, 15) is 26.7 Å². The number of benzene rings is 3. The standard InChI is InChI=1S/C28H25F5O2/c1-16(18-5-3-2-4-6-18)11-17-7-9-19(10-8-17)20-12-22(29)26(23(30)13-20)28(34)35-21-14-24(31)27(33)25(32)15-21/h2-6,12-17,19H,7-11H2,1H3/t16-,17?,19?/m0/s1. The van der Waals surface area contributed by atoms with Crippen LogP contribution in [0.4, 0.5) is 22.0 Å². The number of halogens is 5. The fourth-order valence-corrected chi connectivity index (χ4v) is 4.92. The van der Waals surface area contributed by atoms with Crippen LogP contribution >= 0.6 is 0 Å². The Bertz CT molecular complexity index is 1160. The van der Waals surface area contributed by atoms with Gasteiger partial charge in [-0.05, 0) is 73.1 Å². The monoisotopic (exact) mass is 488 g/mol. The third-order valence-corrected chi connectivity index (χ3v) is 6.81. The van der Waals surface area contributed by atoms with Gasteiger partial charge in [0.15, 0.2) is 17.5 Å². The minimum Gasteiger partial charge on any atom is -0.423 e. The van der Waals surface area contributed by atoms with Gasteiger partial charge in [0.1, 0.15) is 22.9 Å². The molecule has 0 unspecified atom stereocenters. The summed E-state index contributed by atoms with van der Waals surface area (Å²) in [5.74, 6) is -8.38. The van der Waals surface area contributed by atoms with E-state index in [-0.39, 0.29) is 5.92 Å². The minimum absolute atomic E-state index is 0.0346. The Morgan fingerprint density at radius 3 is 2.00 bits per heavy atom. The molecule has 1 atom stereocenters. The van der Waals surface area contributed by atoms with E-state index in [0.29, 0.717) is 29.5 Å². The molecule has 7 heteroatoms. The van der Waals surface area contributed by atoms with Gasteiger partial charge in [-0.3, -0.25) is 0 Å². The second kappa shape index (κ2) is 10.6. The highest BCUT2D eigenvalue weighted by molar-refractivity contribution is 5.91. The molecule has 0 aliphatic heterocycles. The highest BCUT2D eigenvalue weighted by atomic mass is 19.2. The highest BCUT2D eigenvalue weighted by Crippen LogP contribution is 2.40. The third kappa shape index (κ3) is 5.72. The van der Waals surface area contributed by atoms with Crippen LogP contribution in [0.5, 0.6) is 5.75 Å². The fourth-order valence-electron chi connectivity index (χ4n) is 4.92. The number of carbonyl (C=O) groups excluding carboxylic acids is 1. The predicted molar refractivity (Wildman–Crippen MR) is 122 cm³/mol. The zero-order valence-electron chi connectivity index (χ0n) is 19.2. The summed E-state index contributed by atoms with van der Waals surface area (Å²) in [7, 11) is 0. The Morgan fingerprint density at radius 1 is 0.857 bits per heavy atom. The second-order valence-corrected chi connectivity index (χ2v) is 9.22. The van der Waals surface area contributed by atoms with Crippen molar-refractivity contribution in [2.45, 2.75) is 50.9 Å². The first kappa shape index (κ1) is 24.9. The predicted octanol–water partition coefficient (Wildman–Crippen LogP) is 8.07. The third-order valence-electron chi connectivity index (χ3n) is 6.81. The van der Waals surface area contributed by atoms with Crippen LogP contribution in [0.15, 0.2) is 54.6 Å². The molecule has 184 valence electrons. The maximum absolute atomic E-state index is 14.7. The van der Waals surface area contributed by atoms with E-state index in [1.165, 1.54) is 5.56 Å². The summed E-state index contributed by atoms with van der Waals surface area (Å²) in [6, 6.07) is 13.4. The van der Waals surface area contributed by atoms with Crippen molar-refractivity contribution < 1.29 is 31.5 Å². The van der Waals surface area contributed by atoms with E-state index in [1.54, 1.807) is 0 Å². The molecule has 0 amide bonds. The average molecular weight is 488 g/mol. The molecule has 4 rings (SSSR count). The first-order valence-corrected chi connectivity index (χ1v) is 11.6. The van der Waals surface area contributed by atoms with Gasteiger partial charge in [0.25, 0.3) is 0 Å². The van der Waals surface area contributed by atoms with E-state index in [2.05, 4.69) is 23.8 Å². The van der Waals surface area contributed by atoms with Gasteiger partial charge < -0.3 is 4.74 Å². The van der Waals surface area contributed by atoms with Crippen molar-refractivity contribution in [3.8, 4) is 5.75 Å². The minimum atomic E-state index is -1.74. The molecule has 0 N–H and O–H groups in total. The molecule has 0 spiro atoms. The van der Waals surface area contributed by atoms with Gasteiger partial charge in [-0.2, -0.15) is 0 Å². The lowest BCUT2D eigenvalue weighted by atomic mass is 9.75. The molecule has 0 aromatic heterocycles. The smallest absolute Gasteiger partial charge is 0.349 e. The van der Waals surface area contributed by atoms with E-state index in [1.807, 2.05) is 18.2 Å². The van der Waals surface area contributed by atoms with E-state index in [0.717, 1.165) is 44.2 Å². The van der Waals surface area contributed by atoms with Crippen molar-refractivity contribution in [3.05, 3.63) is 100 Å². The average Bonchev–Trinajstić information content (AvgIpc) is 2.83. The number of ether oxygens (including phenoxy) is 1. The molecule has 1 fully saturated rings. The largest absolute Gasteiger partial charge is 0.423 e. The van der Waals surface area contributed by atoms with Crippen LogP contribution in [0.3, 0.4) is 0 Å². The zero-order chi connectivity index (χ0) is 25.1. The molecule has 0 radical (unpaired) electrons. The van der Waals surface area contributed by atoms with Crippen LogP contribution in [0, 0.1) is 35.0 Å². The molecule has 35 heavy (non-hydrogen) atoms. The van der Waals surface area contributed by atoms with Crippen molar-refractivity contribution in [2.24, 2.45) is 5.92 Å². The van der Waals surface area contributed by atoms with Gasteiger partial charge in [0, 0.05) is 12.1 Å². The lowest BCUT2D eigenvalue weighted by Gasteiger charge is -2.30. The van der Waals surface area contributed by atoms with Crippen molar-refractivity contribution in [2.75, 3.05) is 0 Å². The number of esters is 1. The van der Waals surface area contributed by atoms with Crippen LogP contribution in [0.25, 0.3) is 0 Å². The summed E-state index contributed by atoms with van der Waals surface area (Å²) in [5.41, 5.74) is 0.793. The molecule has 0 heterocycles. The maximum Gasteiger partial charge on any atom is 0.349 e. The lowest BCUT2D eigenvalue weighted by molar-refractivity contribution is 0.0723. The summed E-state index contributed by atoms with van der Waals surface area (Å²) in [6.07, 6.45) is 4.49. The van der Waals surface area contributed by atoms with Gasteiger partial charge in [-0.1, -0.05) is 37.3 Å². The Balaban J connectivity index is 1.40. The first-order valence-electron chi connectivity index (χ1n) is 11.6. The Labute approximate surface area is 200 Å². The zero-order valence-corrected chi connectivity index (χ0v) is 19.2. The van der Waals surface area contributed by atoms with Crippen LogP contribution in [0.2, 0.25) is 0 Å². The summed E-state index contributed by atoms with van der Waals surface area (Å²) >= 11 is 0. The second-order valence-electron chi connectivity index (χ2n) is 9.22. The van der Waals surface area contributed by atoms with Gasteiger partial charge >= 0.3 is 5.97 Å². The summed E-state index contributed by atoms with van der Waals surface area (Å²) in [5, 5.41) is 0. The van der Waals surface area contributed by atoms with Crippen LogP contribution in [-0.4, -0.2) is 5.97 Å². The number of carbonyl (C=O) groups is 1. The first-order chi connectivity index (χ1) is 16.7. The van der Waals surface area contributed by atoms with E-state index < -0.39 is 46.4 Å². The Kier molecular flexibility index (Phi) is 7.53. The molecule has 0 bridgehead atoms. The summed E-state index contributed by atoms with van der Waals surface area (Å²) in [4.78, 5) is 12.3. The normalized spacial score (nSPS) is 18.8. The number of hydrogen-bond acceptors (Lipinski definition) is 2. The molecule has 3 aromatic carbocycles. The van der Waals surface area contributed by atoms with Crippen molar-refractivity contribution in [1.29, 1.82) is 0 Å². The highest BCUT2D eigenvalue weighted by Gasteiger charge is 2.28. The fraction of sp³-hybridized carbons (Fsp3) is 0.321. The van der Waals surface area contributed by atoms with Crippen LogP contribution in [0.1, 0.15) is 72.3 Å². The van der Waals surface area contributed by atoms with Gasteiger partial charge in [0.2, 0.25) is 0 Å². The van der Waals surface area contributed by atoms with Crippen molar-refractivity contribution in [3.63, 3.8) is 0 Å². The van der Waals surface area contributed by atoms with E-state index >= 15 is 0 Å². The molecule has 1 saturated carbocycles. The van der Waals surface area contributed by atoms with Gasteiger partial charge in [-0.15, -0.1) is 0 Å². The number of rotatable bonds is 6. The topological polar surface area (TPSA) is 26.3 Å². The molecule has 2 nitrogen and oxygen atoms in total. The quantitative estimate of drug-likeness (QED) is 0.152. The molecule has 0 saturated heterocycles. The van der Waals surface area contributed by atoms with Crippen LogP contribution in [-0.2, 0) is 0 Å². The lowest BCUT2D eigenvalue weighted by Crippen LogP contribution is -2.17. The summed E-state index contributed by atoms with van der Waals surface area (Å²) in [6.45, 7) is 2.21. The molecular weight excluding hydrogens is 463 g/mol. The molecule has 1 aliphatic rings. The van der Waals surface area contributed by atoms with E-state index in [4.69, 9.17) is 0 Å². The van der Waals surface area contributed by atoms with Crippen LogP contribution < -0.4 is 4.74 Å². The number of hydrogen-bond donors (Lipinski definition) is 0. The Hall–Kier alpha value is -3.22. The van der Waals surface area contributed by atoms with Crippen molar-refractivity contribution in [1.82, 2.24) is 0 Å². The van der Waals surface area contributed by atoms with Crippen molar-refractivity contribution >= 4 is 5.97 Å². The van der Waals surface area contributed by atoms with Gasteiger partial charge in [-0.25, -0.2) is 26.7 Å². The maximum atomic E-state index is 14.7.